The van der Waals surface area contributed by atoms with Gasteiger partial charge in [-0.25, -0.2) is 0 Å². The van der Waals surface area contributed by atoms with Gasteiger partial charge < -0.3 is 14.9 Å². The van der Waals surface area contributed by atoms with Crippen LogP contribution in [0.25, 0.3) is 11.0 Å². The highest BCUT2D eigenvalue weighted by Gasteiger charge is 2.25. The summed E-state index contributed by atoms with van der Waals surface area (Å²) in [4.78, 5) is 2.45. The van der Waals surface area contributed by atoms with Gasteiger partial charge in [0.1, 0.15) is 11.3 Å². The van der Waals surface area contributed by atoms with Crippen molar-refractivity contribution in [2.75, 3.05) is 13.2 Å². The summed E-state index contributed by atoms with van der Waals surface area (Å²) in [6.45, 7) is 7.38. The maximum atomic E-state index is 5.87. The van der Waals surface area contributed by atoms with Crippen LogP contribution in [0.4, 0.5) is 0 Å². The fourth-order valence-corrected chi connectivity index (χ4v) is 2.88. The Morgan fingerprint density at radius 2 is 2.10 bits per heavy atom. The molecule has 2 unspecified atom stereocenters. The van der Waals surface area contributed by atoms with E-state index in [4.69, 9.17) is 14.9 Å². The number of morpholine rings is 1. The van der Waals surface area contributed by atoms with Crippen molar-refractivity contribution in [3.8, 4) is 0 Å². The number of hydrogen-bond donors (Lipinski definition) is 1. The molecule has 1 aliphatic rings. The molecule has 1 aromatic carbocycles. The van der Waals surface area contributed by atoms with Gasteiger partial charge in [0.25, 0.3) is 0 Å². The second-order valence-electron chi connectivity index (χ2n) is 5.63. The Morgan fingerprint density at radius 1 is 1.30 bits per heavy atom. The molecule has 3 rings (SSSR count). The van der Waals surface area contributed by atoms with Crippen LogP contribution in [0.3, 0.4) is 0 Å². The lowest BCUT2D eigenvalue weighted by Gasteiger charge is -2.36. The SMILES string of the molecule is CC1CN(Cc2c(CN)oc3ccccc23)C(C)CO1. The third-order valence-corrected chi connectivity index (χ3v) is 4.07. The number of para-hydroxylation sites is 1. The molecule has 0 aliphatic carbocycles. The van der Waals surface area contributed by atoms with Crippen LogP contribution in [0, 0.1) is 0 Å². The number of furan rings is 1. The molecule has 2 N–H and O–H groups in total. The van der Waals surface area contributed by atoms with Gasteiger partial charge in [0.15, 0.2) is 0 Å². The molecule has 1 fully saturated rings. The number of nitrogens with two attached hydrogens (primary N) is 1. The van der Waals surface area contributed by atoms with Gasteiger partial charge in [0, 0.05) is 30.1 Å². The molecular weight excluding hydrogens is 252 g/mol. The van der Waals surface area contributed by atoms with Gasteiger partial charge in [0.05, 0.1) is 19.3 Å². The fourth-order valence-electron chi connectivity index (χ4n) is 2.88. The first-order valence-corrected chi connectivity index (χ1v) is 7.24. The predicted octanol–water partition coefficient (Wildman–Crippen LogP) is 2.50. The van der Waals surface area contributed by atoms with Crippen LogP contribution in [-0.2, 0) is 17.8 Å². The molecule has 1 aromatic heterocycles. The van der Waals surface area contributed by atoms with Crippen molar-refractivity contribution in [3.05, 3.63) is 35.6 Å². The van der Waals surface area contributed by atoms with Gasteiger partial charge in [-0.05, 0) is 19.9 Å². The van der Waals surface area contributed by atoms with Gasteiger partial charge in [0.2, 0.25) is 0 Å². The summed E-state index contributed by atoms with van der Waals surface area (Å²) in [6.07, 6.45) is 0.283. The molecule has 2 heterocycles. The molecule has 2 atom stereocenters. The van der Waals surface area contributed by atoms with Crippen LogP contribution in [0.1, 0.15) is 25.2 Å². The Balaban J connectivity index is 1.93. The summed E-state index contributed by atoms with van der Waals surface area (Å²) in [6, 6.07) is 8.58. The third-order valence-electron chi connectivity index (χ3n) is 4.07. The molecule has 108 valence electrons. The first kappa shape index (κ1) is 13.6. The first-order valence-electron chi connectivity index (χ1n) is 7.24. The molecule has 0 spiro atoms. The molecule has 0 radical (unpaired) electrons. The Labute approximate surface area is 119 Å². The molecule has 20 heavy (non-hydrogen) atoms. The zero-order valence-electron chi connectivity index (χ0n) is 12.1. The van der Waals surface area contributed by atoms with Gasteiger partial charge >= 0.3 is 0 Å². The quantitative estimate of drug-likeness (QED) is 0.934. The van der Waals surface area contributed by atoms with Crippen molar-refractivity contribution in [2.45, 2.75) is 39.1 Å². The van der Waals surface area contributed by atoms with E-state index in [1.165, 1.54) is 10.9 Å². The molecule has 4 nitrogen and oxygen atoms in total. The average molecular weight is 274 g/mol. The van der Waals surface area contributed by atoms with Crippen molar-refractivity contribution < 1.29 is 9.15 Å². The maximum Gasteiger partial charge on any atom is 0.134 e. The second kappa shape index (κ2) is 5.56. The molecule has 0 bridgehead atoms. The molecule has 2 aromatic rings. The zero-order chi connectivity index (χ0) is 14.1. The van der Waals surface area contributed by atoms with Crippen molar-refractivity contribution in [1.82, 2.24) is 4.90 Å². The van der Waals surface area contributed by atoms with Crippen molar-refractivity contribution in [3.63, 3.8) is 0 Å². The number of benzene rings is 1. The van der Waals surface area contributed by atoms with E-state index in [9.17, 15) is 0 Å². The van der Waals surface area contributed by atoms with Crippen LogP contribution in [0.2, 0.25) is 0 Å². The van der Waals surface area contributed by atoms with E-state index in [1.54, 1.807) is 0 Å². The molecule has 1 aliphatic heterocycles. The largest absolute Gasteiger partial charge is 0.459 e. The molecular formula is C16H22N2O2. The minimum atomic E-state index is 0.283. The number of rotatable bonds is 3. The highest BCUT2D eigenvalue weighted by Crippen LogP contribution is 2.28. The zero-order valence-corrected chi connectivity index (χ0v) is 12.1. The van der Waals surface area contributed by atoms with Gasteiger partial charge in [-0.15, -0.1) is 0 Å². The lowest BCUT2D eigenvalue weighted by atomic mass is 10.1. The first-order chi connectivity index (χ1) is 9.69. The lowest BCUT2D eigenvalue weighted by Crippen LogP contribution is -2.46. The number of nitrogens with zero attached hydrogens (tertiary/aromatic N) is 1. The van der Waals surface area contributed by atoms with E-state index in [0.29, 0.717) is 12.6 Å². The van der Waals surface area contributed by atoms with E-state index < -0.39 is 0 Å². The Bertz CT molecular complexity index is 593. The van der Waals surface area contributed by atoms with E-state index in [0.717, 1.165) is 31.0 Å². The van der Waals surface area contributed by atoms with E-state index >= 15 is 0 Å². The summed E-state index contributed by atoms with van der Waals surface area (Å²) in [5, 5.41) is 1.18. The van der Waals surface area contributed by atoms with E-state index in [-0.39, 0.29) is 6.10 Å². The molecule has 0 amide bonds. The highest BCUT2D eigenvalue weighted by atomic mass is 16.5. The summed E-state index contributed by atoms with van der Waals surface area (Å²) < 4.78 is 11.6. The minimum Gasteiger partial charge on any atom is -0.459 e. The molecule has 0 saturated carbocycles. The van der Waals surface area contributed by atoms with Crippen molar-refractivity contribution in [1.29, 1.82) is 0 Å². The summed E-state index contributed by atoms with van der Waals surface area (Å²) in [5.74, 6) is 0.901. The van der Waals surface area contributed by atoms with E-state index in [2.05, 4.69) is 24.8 Å². The standard InChI is InChI=1S/C16H22N2O2/c1-11-10-19-12(2)8-18(11)9-14-13-5-3-4-6-15(13)20-16(14)7-17/h3-6,11-12H,7-10,17H2,1-2H3. The van der Waals surface area contributed by atoms with Gasteiger partial charge in [-0.2, -0.15) is 0 Å². The minimum absolute atomic E-state index is 0.283. The van der Waals surface area contributed by atoms with Crippen molar-refractivity contribution >= 4 is 11.0 Å². The topological polar surface area (TPSA) is 51.6 Å². The number of hydrogen-bond acceptors (Lipinski definition) is 4. The maximum absolute atomic E-state index is 5.87. The Hall–Kier alpha value is -1.36. The molecule has 1 saturated heterocycles. The van der Waals surface area contributed by atoms with Crippen molar-refractivity contribution in [2.24, 2.45) is 5.73 Å². The van der Waals surface area contributed by atoms with E-state index in [1.807, 2.05) is 18.2 Å². The predicted molar refractivity (Wildman–Crippen MR) is 79.4 cm³/mol. The van der Waals surface area contributed by atoms with Crippen LogP contribution in [0.15, 0.2) is 28.7 Å². The average Bonchev–Trinajstić information content (AvgIpc) is 2.81. The smallest absolute Gasteiger partial charge is 0.134 e. The van der Waals surface area contributed by atoms with Crippen LogP contribution < -0.4 is 5.73 Å². The van der Waals surface area contributed by atoms with Crippen LogP contribution >= 0.6 is 0 Å². The van der Waals surface area contributed by atoms with Gasteiger partial charge in [-0.1, -0.05) is 18.2 Å². The Kier molecular flexibility index (Phi) is 3.78. The van der Waals surface area contributed by atoms with Gasteiger partial charge in [-0.3, -0.25) is 4.90 Å². The lowest BCUT2D eigenvalue weighted by molar-refractivity contribution is -0.0527. The normalized spacial score (nSPS) is 24.4. The third kappa shape index (κ3) is 2.46. The number of ether oxygens (including phenoxy) is 1. The summed E-state index contributed by atoms with van der Waals surface area (Å²) in [7, 11) is 0. The van der Waals surface area contributed by atoms with Crippen LogP contribution in [-0.4, -0.2) is 30.2 Å². The summed E-state index contributed by atoms with van der Waals surface area (Å²) in [5.41, 5.74) is 8.00. The fraction of sp³-hybridized carbons (Fsp3) is 0.500. The molecule has 4 heteroatoms. The number of fused-ring (bicyclic) bond motifs is 1. The second-order valence-corrected chi connectivity index (χ2v) is 5.63. The monoisotopic (exact) mass is 274 g/mol. The summed E-state index contributed by atoms with van der Waals surface area (Å²) >= 11 is 0. The highest BCUT2D eigenvalue weighted by molar-refractivity contribution is 5.82. The Morgan fingerprint density at radius 3 is 2.90 bits per heavy atom. The van der Waals surface area contributed by atoms with Crippen LogP contribution in [0.5, 0.6) is 0 Å².